The lowest BCUT2D eigenvalue weighted by Gasteiger charge is -2.10. The van der Waals surface area contributed by atoms with Crippen molar-refractivity contribution >= 4 is 58.5 Å². The van der Waals surface area contributed by atoms with E-state index in [2.05, 4.69) is 41.6 Å². The summed E-state index contributed by atoms with van der Waals surface area (Å²) in [5.41, 5.74) is 1.48. The minimum absolute atomic E-state index is 0.186. The second-order valence-electron chi connectivity index (χ2n) is 4.46. The van der Waals surface area contributed by atoms with Crippen LogP contribution in [0.2, 0.25) is 0 Å². The Morgan fingerprint density at radius 1 is 1.00 bits per heavy atom. The highest BCUT2D eigenvalue weighted by atomic mass is 79.9. The maximum Gasteiger partial charge on any atom is 0.263 e. The lowest BCUT2D eigenvalue weighted by atomic mass is 10.2. The summed E-state index contributed by atoms with van der Waals surface area (Å²) in [7, 11) is -3.66. The SMILES string of the molecule is O=S(=O)(Nc1ccc2[nH]ccc2c1)c1cc(Br)ccc1Br. The first-order chi connectivity index (χ1) is 9.95. The van der Waals surface area contributed by atoms with Crippen LogP contribution in [0, 0.1) is 0 Å². The first-order valence-electron chi connectivity index (χ1n) is 6.01. The summed E-state index contributed by atoms with van der Waals surface area (Å²) in [5.74, 6) is 0. The molecule has 0 aliphatic rings. The smallest absolute Gasteiger partial charge is 0.263 e. The average Bonchev–Trinajstić information content (AvgIpc) is 2.88. The van der Waals surface area contributed by atoms with E-state index >= 15 is 0 Å². The number of fused-ring (bicyclic) bond motifs is 1. The number of anilines is 1. The van der Waals surface area contributed by atoms with E-state index in [1.807, 2.05) is 18.3 Å². The van der Waals surface area contributed by atoms with Gasteiger partial charge in [0.15, 0.2) is 0 Å². The van der Waals surface area contributed by atoms with Crippen LogP contribution < -0.4 is 4.72 Å². The third kappa shape index (κ3) is 3.00. The zero-order valence-corrected chi connectivity index (χ0v) is 14.6. The Labute approximate surface area is 138 Å². The third-order valence-corrected chi connectivity index (χ3v) is 5.86. The normalized spacial score (nSPS) is 11.7. The van der Waals surface area contributed by atoms with Gasteiger partial charge in [-0.05, 0) is 58.4 Å². The molecule has 0 atom stereocenters. The fourth-order valence-corrected chi connectivity index (χ4v) is 4.56. The van der Waals surface area contributed by atoms with Gasteiger partial charge in [0.1, 0.15) is 4.90 Å². The van der Waals surface area contributed by atoms with Gasteiger partial charge in [0, 0.05) is 31.7 Å². The van der Waals surface area contributed by atoms with E-state index in [-0.39, 0.29) is 4.90 Å². The lowest BCUT2D eigenvalue weighted by molar-refractivity contribution is 0.600. The number of nitrogens with one attached hydrogen (secondary N) is 2. The highest BCUT2D eigenvalue weighted by Gasteiger charge is 2.18. The Hall–Kier alpha value is -1.31. The summed E-state index contributed by atoms with van der Waals surface area (Å²) in [6, 6.07) is 12.3. The van der Waals surface area contributed by atoms with E-state index in [4.69, 9.17) is 0 Å². The predicted molar refractivity (Wildman–Crippen MR) is 90.9 cm³/mol. The van der Waals surface area contributed by atoms with Gasteiger partial charge < -0.3 is 4.98 Å². The topological polar surface area (TPSA) is 62.0 Å². The first-order valence-corrected chi connectivity index (χ1v) is 9.08. The Balaban J connectivity index is 2.00. The van der Waals surface area contributed by atoms with E-state index in [0.717, 1.165) is 10.9 Å². The Kier molecular flexibility index (Phi) is 3.81. The largest absolute Gasteiger partial charge is 0.361 e. The van der Waals surface area contributed by atoms with Crippen LogP contribution in [0.25, 0.3) is 10.9 Å². The fraction of sp³-hybridized carbons (Fsp3) is 0. The molecule has 1 aromatic heterocycles. The number of benzene rings is 2. The molecule has 0 amide bonds. The Morgan fingerprint density at radius 2 is 1.81 bits per heavy atom. The summed E-state index contributed by atoms with van der Waals surface area (Å²) < 4.78 is 28.8. The van der Waals surface area contributed by atoms with Gasteiger partial charge in [-0.3, -0.25) is 4.72 Å². The second-order valence-corrected chi connectivity index (χ2v) is 7.88. The number of aromatic nitrogens is 1. The maximum atomic E-state index is 12.5. The van der Waals surface area contributed by atoms with Crippen molar-refractivity contribution in [1.82, 2.24) is 4.98 Å². The third-order valence-electron chi connectivity index (χ3n) is 2.99. The Morgan fingerprint density at radius 3 is 2.62 bits per heavy atom. The van der Waals surface area contributed by atoms with Gasteiger partial charge in [-0.25, -0.2) is 8.42 Å². The van der Waals surface area contributed by atoms with E-state index in [1.165, 1.54) is 0 Å². The molecule has 4 nitrogen and oxygen atoms in total. The number of H-pyrrole nitrogens is 1. The van der Waals surface area contributed by atoms with Crippen molar-refractivity contribution in [1.29, 1.82) is 0 Å². The monoisotopic (exact) mass is 428 g/mol. The number of aromatic amines is 1. The van der Waals surface area contributed by atoms with Crippen molar-refractivity contribution in [2.45, 2.75) is 4.90 Å². The molecule has 1 heterocycles. The molecule has 3 rings (SSSR count). The van der Waals surface area contributed by atoms with Crippen molar-refractivity contribution in [3.05, 3.63) is 57.6 Å². The van der Waals surface area contributed by atoms with Crippen LogP contribution in [0.5, 0.6) is 0 Å². The van der Waals surface area contributed by atoms with Gasteiger partial charge >= 0.3 is 0 Å². The molecule has 0 saturated carbocycles. The molecule has 0 spiro atoms. The summed E-state index contributed by atoms with van der Waals surface area (Å²) in [5, 5.41) is 0.948. The number of hydrogen-bond acceptors (Lipinski definition) is 2. The van der Waals surface area contributed by atoms with E-state index in [1.54, 1.807) is 30.3 Å². The molecule has 3 aromatic rings. The van der Waals surface area contributed by atoms with Crippen molar-refractivity contribution in [3.8, 4) is 0 Å². The maximum absolute atomic E-state index is 12.5. The van der Waals surface area contributed by atoms with Crippen LogP contribution in [0.3, 0.4) is 0 Å². The second kappa shape index (κ2) is 5.47. The standard InChI is InChI=1S/C14H10Br2N2O2S/c15-10-1-3-12(16)14(8-10)21(19,20)18-11-2-4-13-9(7-11)5-6-17-13/h1-8,17-18H. The molecule has 0 radical (unpaired) electrons. The van der Waals surface area contributed by atoms with Crippen LogP contribution in [-0.4, -0.2) is 13.4 Å². The first kappa shape index (κ1) is 14.6. The molecule has 0 saturated heterocycles. The Bertz CT molecular complexity index is 920. The molecule has 108 valence electrons. The molecule has 0 aliphatic carbocycles. The number of rotatable bonds is 3. The van der Waals surface area contributed by atoms with Crippen LogP contribution in [0.15, 0.2) is 62.5 Å². The van der Waals surface area contributed by atoms with Crippen LogP contribution >= 0.6 is 31.9 Å². The predicted octanol–water partition coefficient (Wildman–Crippen LogP) is 4.49. The van der Waals surface area contributed by atoms with E-state index in [0.29, 0.717) is 14.6 Å². The van der Waals surface area contributed by atoms with Crippen LogP contribution in [-0.2, 0) is 10.0 Å². The van der Waals surface area contributed by atoms with Crippen LogP contribution in [0.4, 0.5) is 5.69 Å². The number of sulfonamides is 1. The summed E-state index contributed by atoms with van der Waals surface area (Å²) in [6.07, 6.45) is 1.81. The molecule has 0 fully saturated rings. The van der Waals surface area contributed by atoms with Crippen molar-refractivity contribution in [2.24, 2.45) is 0 Å². The molecule has 0 bridgehead atoms. The van der Waals surface area contributed by atoms with E-state index in [9.17, 15) is 8.42 Å². The summed E-state index contributed by atoms with van der Waals surface area (Å²) >= 11 is 6.55. The van der Waals surface area contributed by atoms with Crippen molar-refractivity contribution in [3.63, 3.8) is 0 Å². The fourth-order valence-electron chi connectivity index (χ4n) is 2.01. The quantitative estimate of drug-likeness (QED) is 0.644. The van der Waals surface area contributed by atoms with Gasteiger partial charge in [0.25, 0.3) is 10.0 Å². The van der Waals surface area contributed by atoms with Gasteiger partial charge in [0.2, 0.25) is 0 Å². The highest BCUT2D eigenvalue weighted by molar-refractivity contribution is 9.11. The molecule has 0 aliphatic heterocycles. The zero-order chi connectivity index (χ0) is 15.0. The van der Waals surface area contributed by atoms with Gasteiger partial charge in [0.05, 0.1) is 0 Å². The number of hydrogen-bond donors (Lipinski definition) is 2. The van der Waals surface area contributed by atoms with Crippen molar-refractivity contribution in [2.75, 3.05) is 4.72 Å². The highest BCUT2D eigenvalue weighted by Crippen LogP contribution is 2.28. The van der Waals surface area contributed by atoms with E-state index < -0.39 is 10.0 Å². The molecule has 2 N–H and O–H groups in total. The minimum Gasteiger partial charge on any atom is -0.361 e. The van der Waals surface area contributed by atoms with Crippen LogP contribution in [0.1, 0.15) is 0 Å². The summed E-state index contributed by atoms with van der Waals surface area (Å²) in [6.45, 7) is 0. The zero-order valence-electron chi connectivity index (χ0n) is 10.6. The van der Waals surface area contributed by atoms with Crippen molar-refractivity contribution < 1.29 is 8.42 Å². The molecular weight excluding hydrogens is 420 g/mol. The van der Waals surface area contributed by atoms with Gasteiger partial charge in [-0.2, -0.15) is 0 Å². The molecule has 21 heavy (non-hydrogen) atoms. The van der Waals surface area contributed by atoms with Gasteiger partial charge in [-0.1, -0.05) is 15.9 Å². The molecular formula is C14H10Br2N2O2S. The molecule has 2 aromatic carbocycles. The molecule has 0 unspecified atom stereocenters. The average molecular weight is 430 g/mol. The minimum atomic E-state index is -3.66. The molecule has 7 heteroatoms. The lowest BCUT2D eigenvalue weighted by Crippen LogP contribution is -2.13. The number of halogens is 2. The summed E-state index contributed by atoms with van der Waals surface area (Å²) in [4.78, 5) is 3.25. The van der Waals surface area contributed by atoms with Gasteiger partial charge in [-0.15, -0.1) is 0 Å².